The van der Waals surface area contributed by atoms with E-state index in [4.69, 9.17) is 4.98 Å². The fraction of sp³-hybridized carbons (Fsp3) is 0. The van der Waals surface area contributed by atoms with Crippen LogP contribution in [0.5, 0.6) is 0 Å². The molecular formula is C40H21N3S2. The Kier molecular flexibility index (Phi) is 4.61. The van der Waals surface area contributed by atoms with Crippen molar-refractivity contribution in [2.45, 2.75) is 0 Å². The first-order valence-corrected chi connectivity index (χ1v) is 16.7. The van der Waals surface area contributed by atoms with Gasteiger partial charge in [0.1, 0.15) is 6.33 Å². The smallest absolute Gasteiger partial charge is 0.116 e. The Morgan fingerprint density at radius 1 is 0.489 bits per heavy atom. The van der Waals surface area contributed by atoms with Crippen molar-refractivity contribution in [2.75, 3.05) is 0 Å². The molecule has 0 aliphatic heterocycles. The van der Waals surface area contributed by atoms with Gasteiger partial charge in [-0.3, -0.25) is 0 Å². The molecule has 11 aromatic rings. The molecule has 11 rings (SSSR count). The predicted octanol–water partition coefficient (Wildman–Crippen LogP) is 11.8. The number of benzene rings is 7. The molecule has 4 aromatic heterocycles. The second-order valence-electron chi connectivity index (χ2n) is 11.7. The van der Waals surface area contributed by atoms with E-state index >= 15 is 0 Å². The summed E-state index contributed by atoms with van der Waals surface area (Å²) in [6.45, 7) is 0. The minimum Gasteiger partial charge on any atom is -0.309 e. The van der Waals surface area contributed by atoms with E-state index in [1.165, 1.54) is 90.1 Å². The third kappa shape index (κ3) is 3.04. The summed E-state index contributed by atoms with van der Waals surface area (Å²) < 4.78 is 7.56. The average molecular weight is 608 g/mol. The lowest BCUT2D eigenvalue weighted by molar-refractivity contribution is 1.19. The topological polar surface area (TPSA) is 30.7 Å². The van der Waals surface area contributed by atoms with Gasteiger partial charge in [-0.05, 0) is 56.6 Å². The maximum Gasteiger partial charge on any atom is 0.116 e. The molecule has 0 radical (unpaired) electrons. The average Bonchev–Trinajstić information content (AvgIpc) is 3.78. The minimum absolute atomic E-state index is 1.04. The number of para-hydroxylation sites is 1. The molecule has 0 aliphatic rings. The number of nitrogens with zero attached hydrogens (tertiary/aromatic N) is 3. The molecule has 0 atom stereocenters. The highest BCUT2D eigenvalue weighted by atomic mass is 32.1. The van der Waals surface area contributed by atoms with E-state index in [0.29, 0.717) is 0 Å². The molecule has 208 valence electrons. The van der Waals surface area contributed by atoms with Crippen LogP contribution in [-0.4, -0.2) is 14.5 Å². The Morgan fingerprint density at radius 3 is 1.87 bits per heavy atom. The predicted molar refractivity (Wildman–Crippen MR) is 195 cm³/mol. The standard InChI is InChI=1S/C40H21N3S2/c1-2-11-25-23(9-1)24-10-3-4-12-26(24)30-19-22(17-18-27(25)30)43-31-15-7-5-13-28(31)34-36-37-33(20-41-21-42-37)45-40(36)39-35(38(34)43)29-14-6-8-16-32(29)44-39/h1-21H. The van der Waals surface area contributed by atoms with Crippen LogP contribution in [0, 0.1) is 0 Å². The van der Waals surface area contributed by atoms with Gasteiger partial charge in [0.25, 0.3) is 0 Å². The van der Waals surface area contributed by atoms with Gasteiger partial charge in [-0.2, -0.15) is 0 Å². The molecule has 0 spiro atoms. The zero-order valence-corrected chi connectivity index (χ0v) is 25.4. The lowest BCUT2D eigenvalue weighted by Gasteiger charge is -2.14. The first-order valence-electron chi connectivity index (χ1n) is 15.1. The molecule has 0 fully saturated rings. The van der Waals surface area contributed by atoms with Crippen molar-refractivity contribution in [1.29, 1.82) is 0 Å². The van der Waals surface area contributed by atoms with Gasteiger partial charge in [-0.15, -0.1) is 22.7 Å². The van der Waals surface area contributed by atoms with Crippen LogP contribution in [-0.2, 0) is 0 Å². The molecule has 0 saturated carbocycles. The normalized spacial score (nSPS) is 12.4. The van der Waals surface area contributed by atoms with Gasteiger partial charge in [0.2, 0.25) is 0 Å². The molecule has 45 heavy (non-hydrogen) atoms. The molecule has 0 aliphatic carbocycles. The summed E-state index contributed by atoms with van der Waals surface area (Å²) in [5, 5.41) is 14.1. The van der Waals surface area contributed by atoms with Crippen molar-refractivity contribution in [3.63, 3.8) is 0 Å². The Hall–Kier alpha value is -5.36. The Bertz CT molecular complexity index is 3020. The van der Waals surface area contributed by atoms with Crippen molar-refractivity contribution >= 4 is 117 Å². The maximum absolute atomic E-state index is 4.87. The maximum atomic E-state index is 4.87. The third-order valence-corrected chi connectivity index (χ3v) is 12.0. The molecule has 4 heterocycles. The molecule has 0 amide bonds. The highest BCUT2D eigenvalue weighted by molar-refractivity contribution is 7.33. The summed E-state index contributed by atoms with van der Waals surface area (Å²) >= 11 is 3.71. The van der Waals surface area contributed by atoms with E-state index in [1.807, 2.05) is 28.9 Å². The van der Waals surface area contributed by atoms with Crippen molar-refractivity contribution in [1.82, 2.24) is 14.5 Å². The third-order valence-electron chi connectivity index (χ3n) is 9.50. The quantitative estimate of drug-likeness (QED) is 0.174. The zero-order valence-electron chi connectivity index (χ0n) is 23.8. The van der Waals surface area contributed by atoms with Crippen LogP contribution in [0.25, 0.3) is 100 Å². The van der Waals surface area contributed by atoms with Crippen LogP contribution in [0.4, 0.5) is 0 Å². The number of thiophene rings is 2. The molecule has 3 nitrogen and oxygen atoms in total. The van der Waals surface area contributed by atoms with Crippen LogP contribution in [0.2, 0.25) is 0 Å². The SMILES string of the molecule is c1ccc2c(c1)sc1c3sc4cncnc4c3c3c4ccccc4n(-c4ccc5c6ccccc6c6ccccc6c5c4)c3c21. The lowest BCUT2D eigenvalue weighted by atomic mass is 9.94. The summed E-state index contributed by atoms with van der Waals surface area (Å²) in [5.41, 5.74) is 4.65. The Balaban J connectivity index is 1.41. The van der Waals surface area contributed by atoms with Gasteiger partial charge in [-0.1, -0.05) is 91.0 Å². The van der Waals surface area contributed by atoms with Crippen LogP contribution in [0.1, 0.15) is 0 Å². The van der Waals surface area contributed by atoms with Crippen molar-refractivity contribution in [3.05, 3.63) is 128 Å². The fourth-order valence-corrected chi connectivity index (χ4v) is 10.2. The van der Waals surface area contributed by atoms with E-state index < -0.39 is 0 Å². The second kappa shape index (κ2) is 8.63. The minimum atomic E-state index is 1.04. The number of fused-ring (bicyclic) bond motifs is 18. The van der Waals surface area contributed by atoms with Gasteiger partial charge in [0, 0.05) is 43.5 Å². The number of hydrogen-bond acceptors (Lipinski definition) is 4. The number of rotatable bonds is 1. The van der Waals surface area contributed by atoms with E-state index in [9.17, 15) is 0 Å². The van der Waals surface area contributed by atoms with Gasteiger partial charge < -0.3 is 4.57 Å². The summed E-state index contributed by atoms with van der Waals surface area (Å²) in [5.74, 6) is 0. The fourth-order valence-electron chi connectivity index (χ4n) is 7.71. The zero-order chi connectivity index (χ0) is 29.2. The van der Waals surface area contributed by atoms with Crippen LogP contribution in [0.3, 0.4) is 0 Å². The number of hydrogen-bond donors (Lipinski definition) is 0. The highest BCUT2D eigenvalue weighted by Gasteiger charge is 2.25. The molecule has 0 bridgehead atoms. The molecule has 5 heteroatoms. The van der Waals surface area contributed by atoms with E-state index in [-0.39, 0.29) is 0 Å². The van der Waals surface area contributed by atoms with E-state index in [1.54, 1.807) is 6.33 Å². The van der Waals surface area contributed by atoms with Crippen molar-refractivity contribution < 1.29 is 0 Å². The van der Waals surface area contributed by atoms with Crippen LogP contribution in [0.15, 0.2) is 128 Å². The van der Waals surface area contributed by atoms with Gasteiger partial charge in [0.05, 0.1) is 30.6 Å². The largest absolute Gasteiger partial charge is 0.309 e. The summed E-state index contributed by atoms with van der Waals surface area (Å²) in [4.78, 5) is 9.27. The molecule has 0 saturated heterocycles. The van der Waals surface area contributed by atoms with Crippen LogP contribution < -0.4 is 0 Å². The van der Waals surface area contributed by atoms with E-state index in [0.717, 1.165) is 10.2 Å². The Labute approximate surface area is 264 Å². The van der Waals surface area contributed by atoms with Crippen molar-refractivity contribution in [3.8, 4) is 5.69 Å². The monoisotopic (exact) mass is 607 g/mol. The van der Waals surface area contributed by atoms with Crippen LogP contribution >= 0.6 is 22.7 Å². The molecular weight excluding hydrogens is 587 g/mol. The molecule has 7 aromatic carbocycles. The first-order chi connectivity index (χ1) is 22.3. The first kappa shape index (κ1) is 24.0. The molecule has 0 N–H and O–H groups in total. The van der Waals surface area contributed by atoms with Crippen molar-refractivity contribution in [2.24, 2.45) is 0 Å². The van der Waals surface area contributed by atoms with E-state index in [2.05, 4.69) is 125 Å². The second-order valence-corrected chi connectivity index (χ2v) is 13.8. The lowest BCUT2D eigenvalue weighted by Crippen LogP contribution is -1.95. The number of aromatic nitrogens is 3. The summed E-state index contributed by atoms with van der Waals surface area (Å²) in [6, 6.07) is 42.4. The Morgan fingerprint density at radius 2 is 1.09 bits per heavy atom. The molecule has 0 unspecified atom stereocenters. The highest BCUT2D eigenvalue weighted by Crippen LogP contribution is 2.51. The van der Waals surface area contributed by atoms with Gasteiger partial charge >= 0.3 is 0 Å². The van der Waals surface area contributed by atoms with Gasteiger partial charge in [0.15, 0.2) is 0 Å². The summed E-state index contributed by atoms with van der Waals surface area (Å²) in [6.07, 6.45) is 3.66. The summed E-state index contributed by atoms with van der Waals surface area (Å²) in [7, 11) is 0. The van der Waals surface area contributed by atoms with Gasteiger partial charge in [-0.25, -0.2) is 9.97 Å².